The Bertz CT molecular complexity index is 555. The maximum atomic E-state index is 11.4. The molecule has 0 saturated carbocycles. The van der Waals surface area contributed by atoms with E-state index in [-0.39, 0.29) is 10.7 Å². The maximum absolute atomic E-state index is 11.4. The van der Waals surface area contributed by atoms with E-state index in [2.05, 4.69) is 5.16 Å². The molecule has 0 aromatic heterocycles. The van der Waals surface area contributed by atoms with Crippen LogP contribution in [-0.4, -0.2) is 30.8 Å². The van der Waals surface area contributed by atoms with Crippen molar-refractivity contribution in [1.29, 1.82) is 0 Å². The SMILES string of the molecule is CC(C(=NO)c1ccc(Cl)cc1Cl)S(C)(=O)=O. The molecule has 0 bridgehead atoms. The second-order valence-electron chi connectivity index (χ2n) is 3.58. The highest BCUT2D eigenvalue weighted by atomic mass is 35.5. The maximum Gasteiger partial charge on any atom is 0.155 e. The summed E-state index contributed by atoms with van der Waals surface area (Å²) in [6.07, 6.45) is 1.06. The zero-order chi connectivity index (χ0) is 13.2. The Kier molecular flexibility index (Phi) is 4.41. The van der Waals surface area contributed by atoms with Gasteiger partial charge in [-0.2, -0.15) is 0 Å². The molecule has 0 aliphatic rings. The first-order valence-corrected chi connectivity index (χ1v) is 7.34. The fourth-order valence-corrected chi connectivity index (χ4v) is 2.34. The van der Waals surface area contributed by atoms with E-state index in [1.54, 1.807) is 6.07 Å². The first-order valence-electron chi connectivity index (χ1n) is 4.63. The van der Waals surface area contributed by atoms with Crippen LogP contribution < -0.4 is 0 Å². The van der Waals surface area contributed by atoms with Gasteiger partial charge < -0.3 is 5.21 Å². The molecule has 4 nitrogen and oxygen atoms in total. The molecule has 1 rings (SSSR count). The van der Waals surface area contributed by atoms with Gasteiger partial charge in [0.05, 0.1) is 5.02 Å². The predicted octanol–water partition coefficient (Wildman–Crippen LogP) is 2.60. The number of hydrogen-bond donors (Lipinski definition) is 1. The van der Waals surface area contributed by atoms with E-state index >= 15 is 0 Å². The number of benzene rings is 1. The van der Waals surface area contributed by atoms with Gasteiger partial charge in [0.25, 0.3) is 0 Å². The molecule has 0 amide bonds. The zero-order valence-corrected chi connectivity index (χ0v) is 11.5. The third-order valence-corrected chi connectivity index (χ3v) is 4.40. The molecule has 0 aliphatic carbocycles. The molecule has 7 heteroatoms. The molecule has 1 aromatic rings. The Hall–Kier alpha value is -0.780. The van der Waals surface area contributed by atoms with Crippen molar-refractivity contribution in [2.75, 3.05) is 6.26 Å². The Labute approximate surface area is 110 Å². The van der Waals surface area contributed by atoms with E-state index in [0.717, 1.165) is 6.26 Å². The van der Waals surface area contributed by atoms with Crippen molar-refractivity contribution >= 4 is 38.8 Å². The predicted molar refractivity (Wildman–Crippen MR) is 69.1 cm³/mol. The van der Waals surface area contributed by atoms with Crippen LogP contribution in [0.2, 0.25) is 10.0 Å². The van der Waals surface area contributed by atoms with Crippen molar-refractivity contribution in [3.05, 3.63) is 33.8 Å². The Balaban J connectivity index is 3.30. The lowest BCUT2D eigenvalue weighted by Gasteiger charge is -2.13. The number of oxime groups is 1. The topological polar surface area (TPSA) is 66.7 Å². The number of nitrogens with zero attached hydrogens (tertiary/aromatic N) is 1. The van der Waals surface area contributed by atoms with E-state index in [1.807, 2.05) is 0 Å². The van der Waals surface area contributed by atoms with Gasteiger partial charge in [-0.1, -0.05) is 28.4 Å². The summed E-state index contributed by atoms with van der Waals surface area (Å²) in [6.45, 7) is 1.43. The summed E-state index contributed by atoms with van der Waals surface area (Å²) in [6, 6.07) is 4.52. The molecule has 0 spiro atoms. The minimum atomic E-state index is -3.37. The van der Waals surface area contributed by atoms with Gasteiger partial charge in [0, 0.05) is 16.8 Å². The fourth-order valence-electron chi connectivity index (χ4n) is 1.25. The summed E-state index contributed by atoms with van der Waals surface area (Å²) in [5, 5.41) is 11.7. The van der Waals surface area contributed by atoms with Gasteiger partial charge in [-0.05, 0) is 25.1 Å². The van der Waals surface area contributed by atoms with Crippen LogP contribution in [0, 0.1) is 0 Å². The van der Waals surface area contributed by atoms with E-state index in [9.17, 15) is 8.42 Å². The molecule has 1 aromatic carbocycles. The molecular weight excluding hydrogens is 285 g/mol. The van der Waals surface area contributed by atoms with E-state index in [1.165, 1.54) is 19.1 Å². The van der Waals surface area contributed by atoms with Crippen LogP contribution in [0.4, 0.5) is 0 Å². The lowest BCUT2D eigenvalue weighted by atomic mass is 10.1. The third kappa shape index (κ3) is 3.34. The lowest BCUT2D eigenvalue weighted by Crippen LogP contribution is -2.27. The lowest BCUT2D eigenvalue weighted by molar-refractivity contribution is 0.318. The molecule has 0 heterocycles. The molecule has 0 aliphatic heterocycles. The van der Waals surface area contributed by atoms with Crippen molar-refractivity contribution < 1.29 is 13.6 Å². The smallest absolute Gasteiger partial charge is 0.155 e. The monoisotopic (exact) mass is 295 g/mol. The quantitative estimate of drug-likeness (QED) is 0.529. The molecule has 17 heavy (non-hydrogen) atoms. The normalized spacial score (nSPS) is 14.7. The number of rotatable bonds is 3. The summed E-state index contributed by atoms with van der Waals surface area (Å²) in [7, 11) is -3.37. The highest BCUT2D eigenvalue weighted by molar-refractivity contribution is 7.92. The van der Waals surface area contributed by atoms with Crippen LogP contribution in [0.25, 0.3) is 0 Å². The first kappa shape index (κ1) is 14.3. The first-order chi connectivity index (χ1) is 7.77. The van der Waals surface area contributed by atoms with Gasteiger partial charge >= 0.3 is 0 Å². The molecule has 0 saturated heterocycles. The number of hydrogen-bond acceptors (Lipinski definition) is 4. The summed E-state index contributed by atoms with van der Waals surface area (Å²) in [4.78, 5) is 0. The van der Waals surface area contributed by atoms with Crippen LogP contribution in [0.3, 0.4) is 0 Å². The minimum Gasteiger partial charge on any atom is -0.411 e. The third-order valence-electron chi connectivity index (χ3n) is 2.34. The van der Waals surface area contributed by atoms with Gasteiger partial charge in [-0.3, -0.25) is 0 Å². The molecule has 1 unspecified atom stereocenters. The Morgan fingerprint density at radius 1 is 1.41 bits per heavy atom. The molecule has 1 atom stereocenters. The van der Waals surface area contributed by atoms with Crippen LogP contribution in [-0.2, 0) is 9.84 Å². The Morgan fingerprint density at radius 3 is 2.41 bits per heavy atom. The largest absolute Gasteiger partial charge is 0.411 e. The van der Waals surface area contributed by atoms with E-state index in [4.69, 9.17) is 28.4 Å². The number of sulfone groups is 1. The highest BCUT2D eigenvalue weighted by Gasteiger charge is 2.25. The van der Waals surface area contributed by atoms with Crippen molar-refractivity contribution in [1.82, 2.24) is 0 Å². The fraction of sp³-hybridized carbons (Fsp3) is 0.300. The van der Waals surface area contributed by atoms with Crippen molar-refractivity contribution in [3.63, 3.8) is 0 Å². The average molecular weight is 296 g/mol. The van der Waals surface area contributed by atoms with Crippen molar-refractivity contribution in [2.24, 2.45) is 5.16 Å². The van der Waals surface area contributed by atoms with Gasteiger partial charge in [-0.25, -0.2) is 8.42 Å². The van der Waals surface area contributed by atoms with E-state index in [0.29, 0.717) is 10.6 Å². The molecular formula is C10H11Cl2NO3S. The van der Waals surface area contributed by atoms with Crippen LogP contribution in [0.1, 0.15) is 12.5 Å². The van der Waals surface area contributed by atoms with Crippen LogP contribution in [0.15, 0.2) is 23.4 Å². The molecule has 1 N–H and O–H groups in total. The van der Waals surface area contributed by atoms with Gasteiger partial charge in [0.1, 0.15) is 11.0 Å². The van der Waals surface area contributed by atoms with Gasteiger partial charge in [-0.15, -0.1) is 0 Å². The van der Waals surface area contributed by atoms with Gasteiger partial charge in [0.15, 0.2) is 9.84 Å². The van der Waals surface area contributed by atoms with Crippen LogP contribution in [0.5, 0.6) is 0 Å². The second-order valence-corrected chi connectivity index (χ2v) is 6.79. The summed E-state index contributed by atoms with van der Waals surface area (Å²) < 4.78 is 22.8. The molecule has 0 fully saturated rings. The standard InChI is InChI=1S/C10H11Cl2NO3S/c1-6(17(2,15)16)10(13-14)8-4-3-7(11)5-9(8)12/h3-6,14H,1-2H3. The Morgan fingerprint density at radius 2 is 2.00 bits per heavy atom. The van der Waals surface area contributed by atoms with E-state index < -0.39 is 15.1 Å². The summed E-state index contributed by atoms with van der Waals surface area (Å²) in [5.41, 5.74) is 0.339. The summed E-state index contributed by atoms with van der Waals surface area (Å²) >= 11 is 11.7. The summed E-state index contributed by atoms with van der Waals surface area (Å²) in [5.74, 6) is 0. The molecule has 0 radical (unpaired) electrons. The molecule has 94 valence electrons. The van der Waals surface area contributed by atoms with Gasteiger partial charge in [0.2, 0.25) is 0 Å². The number of halogens is 2. The van der Waals surface area contributed by atoms with Crippen molar-refractivity contribution in [3.8, 4) is 0 Å². The average Bonchev–Trinajstić information content (AvgIpc) is 2.20. The highest BCUT2D eigenvalue weighted by Crippen LogP contribution is 2.23. The van der Waals surface area contributed by atoms with Crippen LogP contribution >= 0.6 is 23.2 Å². The minimum absolute atomic E-state index is 0.00540. The van der Waals surface area contributed by atoms with Crippen molar-refractivity contribution in [2.45, 2.75) is 12.2 Å². The zero-order valence-electron chi connectivity index (χ0n) is 9.18. The second kappa shape index (κ2) is 5.25.